The first-order chi connectivity index (χ1) is 8.93. The number of carbonyl (C=O) groups excluding carboxylic acids is 1. The zero-order chi connectivity index (χ0) is 14.4. The Morgan fingerprint density at radius 1 is 1.21 bits per heavy atom. The number of nitrogens with zero attached hydrogens (tertiary/aromatic N) is 2. The van der Waals surface area contributed by atoms with Crippen molar-refractivity contribution in [1.29, 1.82) is 0 Å². The molecule has 1 rings (SSSR count). The van der Waals surface area contributed by atoms with Crippen molar-refractivity contribution >= 4 is 5.91 Å². The number of rotatable bonds is 6. The minimum atomic E-state index is -0.0301. The fourth-order valence-corrected chi connectivity index (χ4v) is 2.45. The van der Waals surface area contributed by atoms with Gasteiger partial charge in [0.15, 0.2) is 0 Å². The van der Waals surface area contributed by atoms with Gasteiger partial charge in [-0.2, -0.15) is 0 Å². The van der Waals surface area contributed by atoms with E-state index in [0.29, 0.717) is 5.92 Å². The molecule has 2 N–H and O–H groups in total. The number of piperidine rings is 1. The lowest BCUT2D eigenvalue weighted by molar-refractivity contribution is -0.136. The zero-order valence-corrected chi connectivity index (χ0v) is 13.1. The molecule has 0 aromatic rings. The molecule has 0 spiro atoms. The Labute approximate surface area is 118 Å². The molecule has 0 bridgehead atoms. The Bertz CT molecular complexity index is 275. The molecule has 4 heteroatoms. The molecule has 1 aliphatic rings. The summed E-state index contributed by atoms with van der Waals surface area (Å²) >= 11 is 0. The summed E-state index contributed by atoms with van der Waals surface area (Å²) in [6.07, 6.45) is 4.52. The molecule has 0 aromatic heterocycles. The SMILES string of the molecule is CC(C)C(N)CCN(C)C(C)C(=O)N1CCCCC1. The predicted molar refractivity (Wildman–Crippen MR) is 80.0 cm³/mol. The van der Waals surface area contributed by atoms with E-state index in [9.17, 15) is 4.79 Å². The van der Waals surface area contributed by atoms with Gasteiger partial charge in [-0.1, -0.05) is 13.8 Å². The molecule has 2 atom stereocenters. The molecular weight excluding hydrogens is 238 g/mol. The van der Waals surface area contributed by atoms with Gasteiger partial charge in [-0.25, -0.2) is 0 Å². The lowest BCUT2D eigenvalue weighted by atomic mass is 10.0. The van der Waals surface area contributed by atoms with Crippen LogP contribution < -0.4 is 5.73 Å². The average Bonchev–Trinajstić information content (AvgIpc) is 2.43. The maximum atomic E-state index is 12.4. The van der Waals surface area contributed by atoms with Gasteiger partial charge in [0.1, 0.15) is 0 Å². The Morgan fingerprint density at radius 2 is 1.79 bits per heavy atom. The summed E-state index contributed by atoms with van der Waals surface area (Å²) in [6, 6.07) is 0.192. The van der Waals surface area contributed by atoms with Crippen molar-refractivity contribution in [1.82, 2.24) is 9.80 Å². The van der Waals surface area contributed by atoms with E-state index < -0.39 is 0 Å². The van der Waals surface area contributed by atoms with Gasteiger partial charge in [0.05, 0.1) is 6.04 Å². The quantitative estimate of drug-likeness (QED) is 0.798. The summed E-state index contributed by atoms with van der Waals surface area (Å²) in [5, 5.41) is 0. The smallest absolute Gasteiger partial charge is 0.239 e. The highest BCUT2D eigenvalue weighted by Gasteiger charge is 2.25. The molecule has 1 heterocycles. The van der Waals surface area contributed by atoms with Crippen LogP contribution in [0.4, 0.5) is 0 Å². The van der Waals surface area contributed by atoms with Crippen LogP contribution in [0.1, 0.15) is 46.5 Å². The third-order valence-electron chi connectivity index (χ3n) is 4.36. The van der Waals surface area contributed by atoms with Crippen LogP contribution >= 0.6 is 0 Å². The molecule has 1 aliphatic heterocycles. The van der Waals surface area contributed by atoms with E-state index in [1.807, 2.05) is 18.9 Å². The van der Waals surface area contributed by atoms with E-state index >= 15 is 0 Å². The Hall–Kier alpha value is -0.610. The topological polar surface area (TPSA) is 49.6 Å². The summed E-state index contributed by atoms with van der Waals surface area (Å²) in [7, 11) is 2.03. The van der Waals surface area contributed by atoms with Crippen LogP contribution in [0, 0.1) is 5.92 Å². The van der Waals surface area contributed by atoms with Crippen molar-refractivity contribution in [2.75, 3.05) is 26.7 Å². The Morgan fingerprint density at radius 3 is 2.32 bits per heavy atom. The molecule has 1 saturated heterocycles. The first kappa shape index (κ1) is 16.4. The molecular formula is C15H31N3O. The van der Waals surface area contributed by atoms with Crippen molar-refractivity contribution < 1.29 is 4.79 Å². The molecule has 112 valence electrons. The van der Waals surface area contributed by atoms with Crippen LogP contribution in [0.15, 0.2) is 0 Å². The van der Waals surface area contributed by atoms with Gasteiger partial charge >= 0.3 is 0 Å². The molecule has 0 radical (unpaired) electrons. The molecule has 0 aliphatic carbocycles. The lowest BCUT2D eigenvalue weighted by Crippen LogP contribution is -2.48. The van der Waals surface area contributed by atoms with Crippen molar-refractivity contribution in [2.24, 2.45) is 11.7 Å². The van der Waals surface area contributed by atoms with Crippen LogP contribution in [0.3, 0.4) is 0 Å². The number of likely N-dealkylation sites (tertiary alicyclic amines) is 1. The zero-order valence-electron chi connectivity index (χ0n) is 13.1. The van der Waals surface area contributed by atoms with Gasteiger partial charge in [-0.3, -0.25) is 9.69 Å². The first-order valence-corrected chi connectivity index (χ1v) is 7.68. The summed E-state index contributed by atoms with van der Waals surface area (Å²) < 4.78 is 0. The third kappa shape index (κ3) is 5.11. The molecule has 0 saturated carbocycles. The second kappa shape index (κ2) is 7.85. The number of amides is 1. The number of nitrogens with two attached hydrogens (primary N) is 1. The number of likely N-dealkylation sites (N-methyl/N-ethyl adjacent to an activating group) is 1. The highest BCUT2D eigenvalue weighted by molar-refractivity contribution is 5.81. The highest BCUT2D eigenvalue weighted by atomic mass is 16.2. The van der Waals surface area contributed by atoms with E-state index in [4.69, 9.17) is 5.73 Å². The summed E-state index contributed by atoms with van der Waals surface area (Å²) in [5.74, 6) is 0.779. The second-order valence-corrected chi connectivity index (χ2v) is 6.24. The molecule has 2 unspecified atom stereocenters. The highest BCUT2D eigenvalue weighted by Crippen LogP contribution is 2.12. The Kier molecular flexibility index (Phi) is 6.80. The van der Waals surface area contributed by atoms with Gasteiger partial charge in [0, 0.05) is 25.7 Å². The fourth-order valence-electron chi connectivity index (χ4n) is 2.45. The van der Waals surface area contributed by atoms with Crippen LogP contribution in [0.5, 0.6) is 0 Å². The van der Waals surface area contributed by atoms with Crippen molar-refractivity contribution in [3.05, 3.63) is 0 Å². The molecule has 1 fully saturated rings. The monoisotopic (exact) mass is 269 g/mol. The minimum Gasteiger partial charge on any atom is -0.341 e. The largest absolute Gasteiger partial charge is 0.341 e. The van der Waals surface area contributed by atoms with Gasteiger partial charge in [-0.05, 0) is 45.6 Å². The van der Waals surface area contributed by atoms with E-state index in [2.05, 4.69) is 18.7 Å². The third-order valence-corrected chi connectivity index (χ3v) is 4.36. The maximum absolute atomic E-state index is 12.4. The molecule has 4 nitrogen and oxygen atoms in total. The summed E-state index contributed by atoms with van der Waals surface area (Å²) in [4.78, 5) is 16.5. The van der Waals surface area contributed by atoms with Gasteiger partial charge in [0.2, 0.25) is 5.91 Å². The van der Waals surface area contributed by atoms with Gasteiger partial charge in [0.25, 0.3) is 0 Å². The van der Waals surface area contributed by atoms with E-state index in [1.165, 1.54) is 6.42 Å². The number of carbonyl (C=O) groups is 1. The molecule has 1 amide bonds. The average molecular weight is 269 g/mol. The lowest BCUT2D eigenvalue weighted by Gasteiger charge is -2.33. The fraction of sp³-hybridized carbons (Fsp3) is 0.933. The first-order valence-electron chi connectivity index (χ1n) is 7.68. The van der Waals surface area contributed by atoms with Crippen LogP contribution in [-0.4, -0.2) is 54.5 Å². The standard InChI is InChI=1S/C15H31N3O/c1-12(2)14(16)8-11-17(4)13(3)15(19)18-9-6-5-7-10-18/h12-14H,5-11,16H2,1-4H3. The maximum Gasteiger partial charge on any atom is 0.239 e. The molecule has 19 heavy (non-hydrogen) atoms. The van der Waals surface area contributed by atoms with Crippen LogP contribution in [-0.2, 0) is 4.79 Å². The van der Waals surface area contributed by atoms with Crippen molar-refractivity contribution in [3.63, 3.8) is 0 Å². The minimum absolute atomic E-state index is 0.0301. The van der Waals surface area contributed by atoms with Crippen molar-refractivity contribution in [2.45, 2.75) is 58.5 Å². The van der Waals surface area contributed by atoms with Crippen LogP contribution in [0.2, 0.25) is 0 Å². The van der Waals surface area contributed by atoms with Gasteiger partial charge < -0.3 is 10.6 Å². The van der Waals surface area contributed by atoms with E-state index in [1.54, 1.807) is 0 Å². The second-order valence-electron chi connectivity index (χ2n) is 6.24. The molecule has 0 aromatic carbocycles. The number of hydrogen-bond acceptors (Lipinski definition) is 3. The van der Waals surface area contributed by atoms with E-state index in [-0.39, 0.29) is 18.0 Å². The van der Waals surface area contributed by atoms with Crippen LogP contribution in [0.25, 0.3) is 0 Å². The predicted octanol–water partition coefficient (Wildman–Crippen LogP) is 1.69. The number of hydrogen-bond donors (Lipinski definition) is 1. The van der Waals surface area contributed by atoms with Crippen molar-refractivity contribution in [3.8, 4) is 0 Å². The van der Waals surface area contributed by atoms with E-state index in [0.717, 1.165) is 38.9 Å². The summed E-state index contributed by atoms with van der Waals surface area (Å²) in [6.45, 7) is 9.06. The summed E-state index contributed by atoms with van der Waals surface area (Å²) in [5.41, 5.74) is 6.06. The Balaban J connectivity index is 2.38. The normalized spacial score (nSPS) is 19.8. The van der Waals surface area contributed by atoms with Gasteiger partial charge in [-0.15, -0.1) is 0 Å².